The number of hydrogen-bond donors (Lipinski definition) is 5. The summed E-state index contributed by atoms with van der Waals surface area (Å²) < 4.78 is 0. The first-order valence-corrected chi connectivity index (χ1v) is 1.76. The Morgan fingerprint density at radius 2 is 1.43 bits per heavy atom. The van der Waals surface area contributed by atoms with Crippen molar-refractivity contribution < 1.29 is 10.2 Å². The summed E-state index contributed by atoms with van der Waals surface area (Å²) in [5.41, 5.74) is 9.40. The minimum absolute atomic E-state index is 1.25. The minimum atomic E-state index is -1.25. The molecule has 0 aliphatic carbocycles. The number of hydrogen-bond acceptors (Lipinski definition) is 5. The fraction of sp³-hybridized carbons (Fsp3) is 1.00. The van der Waals surface area contributed by atoms with Gasteiger partial charge in [0.05, 0.1) is 0 Å². The molecule has 2 unspecified atom stereocenters. The van der Waals surface area contributed by atoms with Gasteiger partial charge in [0.1, 0.15) is 0 Å². The van der Waals surface area contributed by atoms with Crippen LogP contribution in [0.3, 0.4) is 0 Å². The van der Waals surface area contributed by atoms with Crippen LogP contribution in [0.15, 0.2) is 0 Å². The van der Waals surface area contributed by atoms with Crippen LogP contribution < -0.4 is 16.8 Å². The van der Waals surface area contributed by atoms with Gasteiger partial charge >= 0.3 is 0 Å². The summed E-state index contributed by atoms with van der Waals surface area (Å²) in [6, 6.07) is 0. The number of nitrogens with two attached hydrogens (primary N) is 2. The van der Waals surface area contributed by atoms with Crippen molar-refractivity contribution in [2.24, 2.45) is 11.5 Å². The number of rotatable bonds is 2. The third-order valence-electron chi connectivity index (χ3n) is 0.342. The Kier molecular flexibility index (Phi) is 2.81. The van der Waals surface area contributed by atoms with Crippen LogP contribution in [0.2, 0.25) is 0 Å². The first kappa shape index (κ1) is 6.80. The number of aliphatic hydroxyl groups is 2. The lowest BCUT2D eigenvalue weighted by atomic mass is 10.9. The first-order chi connectivity index (χ1) is 3.13. The Balaban J connectivity index is 2.95. The highest BCUT2D eigenvalue weighted by Crippen LogP contribution is 1.59. The SMILES string of the molecule is NC(O)NC(N)O. The van der Waals surface area contributed by atoms with E-state index in [-0.39, 0.29) is 0 Å². The molecule has 0 aliphatic rings. The molecule has 0 spiro atoms. The quantitative estimate of drug-likeness (QED) is 0.243. The smallest absolute Gasteiger partial charge is 0.160 e. The van der Waals surface area contributed by atoms with Crippen molar-refractivity contribution in [1.82, 2.24) is 5.32 Å². The van der Waals surface area contributed by atoms with Gasteiger partial charge in [-0.3, -0.25) is 11.5 Å². The minimum Gasteiger partial charge on any atom is -0.366 e. The Morgan fingerprint density at radius 1 is 1.14 bits per heavy atom. The van der Waals surface area contributed by atoms with Crippen LogP contribution in [0, 0.1) is 0 Å². The van der Waals surface area contributed by atoms with Crippen molar-refractivity contribution >= 4 is 0 Å². The van der Waals surface area contributed by atoms with Gasteiger partial charge in [0, 0.05) is 0 Å². The van der Waals surface area contributed by atoms with Gasteiger partial charge in [0.15, 0.2) is 12.7 Å². The van der Waals surface area contributed by atoms with Crippen molar-refractivity contribution in [2.45, 2.75) is 12.7 Å². The molecule has 0 radical (unpaired) electrons. The van der Waals surface area contributed by atoms with Crippen LogP contribution in [0.4, 0.5) is 0 Å². The lowest BCUT2D eigenvalue weighted by Crippen LogP contribution is -2.48. The van der Waals surface area contributed by atoms with E-state index in [4.69, 9.17) is 21.7 Å². The highest BCUT2D eigenvalue weighted by Gasteiger charge is 1.95. The molecule has 2 atom stereocenters. The van der Waals surface area contributed by atoms with E-state index in [1.54, 1.807) is 0 Å². The molecule has 0 aromatic heterocycles. The second kappa shape index (κ2) is 2.89. The second-order valence-corrected chi connectivity index (χ2v) is 1.06. The van der Waals surface area contributed by atoms with Gasteiger partial charge in [-0.05, 0) is 0 Å². The van der Waals surface area contributed by atoms with E-state index in [1.807, 2.05) is 5.32 Å². The third kappa shape index (κ3) is 5.80. The maximum atomic E-state index is 8.15. The predicted octanol–water partition coefficient (Wildman–Crippen LogP) is -2.95. The van der Waals surface area contributed by atoms with E-state index in [0.29, 0.717) is 0 Å². The van der Waals surface area contributed by atoms with Gasteiger partial charge in [0.2, 0.25) is 0 Å². The Labute approximate surface area is 40.9 Å². The lowest BCUT2D eigenvalue weighted by molar-refractivity contribution is 0.0499. The van der Waals surface area contributed by atoms with Crippen molar-refractivity contribution in [3.05, 3.63) is 0 Å². The third-order valence-corrected chi connectivity index (χ3v) is 0.342. The molecular weight excluding hydrogens is 98.0 g/mol. The van der Waals surface area contributed by atoms with Crippen molar-refractivity contribution in [2.75, 3.05) is 0 Å². The zero-order valence-electron chi connectivity index (χ0n) is 3.70. The normalized spacial score (nSPS) is 18.9. The summed E-state index contributed by atoms with van der Waals surface area (Å²) in [6.07, 6.45) is -2.50. The van der Waals surface area contributed by atoms with E-state index in [1.165, 1.54) is 0 Å². The summed E-state index contributed by atoms with van der Waals surface area (Å²) in [7, 11) is 0. The first-order valence-electron chi connectivity index (χ1n) is 1.76. The summed E-state index contributed by atoms with van der Waals surface area (Å²) in [6.45, 7) is 0. The van der Waals surface area contributed by atoms with Gasteiger partial charge in [0.25, 0.3) is 0 Å². The molecule has 0 heterocycles. The van der Waals surface area contributed by atoms with Crippen LogP contribution >= 0.6 is 0 Å². The van der Waals surface area contributed by atoms with E-state index in [0.717, 1.165) is 0 Å². The largest absolute Gasteiger partial charge is 0.366 e. The highest BCUT2D eigenvalue weighted by atomic mass is 16.3. The van der Waals surface area contributed by atoms with Crippen molar-refractivity contribution in [1.29, 1.82) is 0 Å². The van der Waals surface area contributed by atoms with E-state index >= 15 is 0 Å². The number of aliphatic hydroxyl groups excluding tert-OH is 2. The van der Waals surface area contributed by atoms with Crippen LogP contribution in [-0.2, 0) is 0 Å². The summed E-state index contributed by atoms with van der Waals surface area (Å²) in [5.74, 6) is 0. The topological polar surface area (TPSA) is 105 Å². The summed E-state index contributed by atoms with van der Waals surface area (Å²) in [4.78, 5) is 0. The average Bonchev–Trinajstić information content (AvgIpc) is 1.27. The molecule has 0 saturated carbocycles. The molecule has 0 amide bonds. The summed E-state index contributed by atoms with van der Waals surface area (Å²) in [5, 5.41) is 18.3. The maximum Gasteiger partial charge on any atom is 0.160 e. The molecule has 5 nitrogen and oxygen atoms in total. The van der Waals surface area contributed by atoms with Crippen molar-refractivity contribution in [3.63, 3.8) is 0 Å². The zero-order chi connectivity index (χ0) is 5.86. The highest BCUT2D eigenvalue weighted by molar-refractivity contribution is 4.39. The molecule has 0 bridgehead atoms. The molecular formula is C2H9N3O2. The Bertz CT molecular complexity index is 40.2. The van der Waals surface area contributed by atoms with Crippen LogP contribution in [0.1, 0.15) is 0 Å². The Hall–Kier alpha value is -0.200. The van der Waals surface area contributed by atoms with Crippen LogP contribution in [0.25, 0.3) is 0 Å². The second-order valence-electron chi connectivity index (χ2n) is 1.06. The molecule has 44 valence electrons. The lowest BCUT2D eigenvalue weighted by Gasteiger charge is -2.07. The summed E-state index contributed by atoms with van der Waals surface area (Å²) >= 11 is 0. The predicted molar refractivity (Wildman–Crippen MR) is 23.5 cm³/mol. The molecule has 7 heavy (non-hydrogen) atoms. The molecule has 0 aromatic rings. The average molecular weight is 107 g/mol. The van der Waals surface area contributed by atoms with E-state index < -0.39 is 12.7 Å². The van der Waals surface area contributed by atoms with Gasteiger partial charge in [-0.2, -0.15) is 0 Å². The fourth-order valence-electron chi connectivity index (χ4n) is 0.175. The number of nitrogens with one attached hydrogen (secondary N) is 1. The molecule has 0 fully saturated rings. The van der Waals surface area contributed by atoms with Gasteiger partial charge in [-0.15, -0.1) is 0 Å². The Morgan fingerprint density at radius 3 is 1.43 bits per heavy atom. The molecule has 5 heteroatoms. The molecule has 0 aliphatic heterocycles. The fourth-order valence-corrected chi connectivity index (χ4v) is 0.175. The van der Waals surface area contributed by atoms with Gasteiger partial charge in [-0.25, -0.2) is 5.32 Å². The molecule has 0 aromatic carbocycles. The van der Waals surface area contributed by atoms with Crippen LogP contribution in [0.5, 0.6) is 0 Å². The van der Waals surface area contributed by atoms with Gasteiger partial charge in [-0.1, -0.05) is 0 Å². The van der Waals surface area contributed by atoms with E-state index in [9.17, 15) is 0 Å². The van der Waals surface area contributed by atoms with Crippen LogP contribution in [-0.4, -0.2) is 22.9 Å². The standard InChI is InChI=1S/C2H9N3O2/c3-1(6)5-2(4)7/h1-2,5-7H,3-4H2. The monoisotopic (exact) mass is 107 g/mol. The zero-order valence-corrected chi connectivity index (χ0v) is 3.70. The molecule has 0 rings (SSSR count). The van der Waals surface area contributed by atoms with Gasteiger partial charge < -0.3 is 10.2 Å². The maximum absolute atomic E-state index is 8.15. The molecule has 7 N–H and O–H groups in total. The van der Waals surface area contributed by atoms with Crippen molar-refractivity contribution in [3.8, 4) is 0 Å². The van der Waals surface area contributed by atoms with E-state index in [2.05, 4.69) is 0 Å². The molecule has 0 saturated heterocycles.